The molecular formula is C12H22BrN3O. The molecule has 0 saturated heterocycles. The molecule has 17 heavy (non-hydrogen) atoms. The van der Waals surface area contributed by atoms with Gasteiger partial charge in [0.2, 0.25) is 0 Å². The molecule has 4 nitrogen and oxygen atoms in total. The fourth-order valence-electron chi connectivity index (χ4n) is 1.57. The quantitative estimate of drug-likeness (QED) is 0.750. The molecule has 5 heteroatoms. The number of aromatic nitrogens is 2. The highest BCUT2D eigenvalue weighted by Crippen LogP contribution is 2.19. The number of aryl methyl sites for hydroxylation is 2. The standard InChI is InChI=1S/C12H22BrN3O/c1-4-5-7-17-8-6-14-9-11-12(13)10(2)15-16(11)3/h14H,4-9H2,1-3H3. The van der Waals surface area contributed by atoms with Gasteiger partial charge < -0.3 is 10.1 Å². The van der Waals surface area contributed by atoms with Crippen molar-refractivity contribution in [2.75, 3.05) is 19.8 Å². The molecule has 1 heterocycles. The molecule has 1 N–H and O–H groups in total. The molecular weight excluding hydrogens is 282 g/mol. The second-order valence-corrected chi connectivity index (χ2v) is 4.91. The first kappa shape index (κ1) is 14.7. The van der Waals surface area contributed by atoms with Crippen LogP contribution in [0.1, 0.15) is 31.2 Å². The molecule has 0 bridgehead atoms. The first-order chi connectivity index (χ1) is 8.16. The molecule has 0 aliphatic heterocycles. The lowest BCUT2D eigenvalue weighted by Gasteiger charge is -2.06. The Kier molecular flexibility index (Phi) is 6.77. The number of halogens is 1. The summed E-state index contributed by atoms with van der Waals surface area (Å²) >= 11 is 3.55. The van der Waals surface area contributed by atoms with Crippen molar-refractivity contribution >= 4 is 15.9 Å². The molecule has 0 amide bonds. The van der Waals surface area contributed by atoms with Crippen molar-refractivity contribution in [3.63, 3.8) is 0 Å². The molecule has 0 aliphatic rings. The molecule has 0 aliphatic carbocycles. The number of hydrogen-bond acceptors (Lipinski definition) is 3. The van der Waals surface area contributed by atoms with Crippen molar-refractivity contribution in [2.45, 2.75) is 33.2 Å². The molecule has 0 unspecified atom stereocenters. The minimum absolute atomic E-state index is 0.772. The summed E-state index contributed by atoms with van der Waals surface area (Å²) in [5.41, 5.74) is 2.21. The van der Waals surface area contributed by atoms with E-state index in [9.17, 15) is 0 Å². The van der Waals surface area contributed by atoms with Crippen LogP contribution in [0.25, 0.3) is 0 Å². The summed E-state index contributed by atoms with van der Waals surface area (Å²) < 4.78 is 8.48. The van der Waals surface area contributed by atoms with Crippen LogP contribution in [0.4, 0.5) is 0 Å². The first-order valence-corrected chi connectivity index (χ1v) is 6.92. The van der Waals surface area contributed by atoms with Gasteiger partial charge in [0.15, 0.2) is 0 Å². The SMILES string of the molecule is CCCCOCCNCc1c(Br)c(C)nn1C. The second kappa shape index (κ2) is 7.84. The molecule has 98 valence electrons. The van der Waals surface area contributed by atoms with Crippen molar-refractivity contribution < 1.29 is 4.74 Å². The Morgan fingerprint density at radius 3 is 2.76 bits per heavy atom. The molecule has 0 radical (unpaired) electrons. The van der Waals surface area contributed by atoms with Gasteiger partial charge in [0, 0.05) is 26.7 Å². The van der Waals surface area contributed by atoms with E-state index in [2.05, 4.69) is 33.3 Å². The van der Waals surface area contributed by atoms with E-state index in [0.29, 0.717) is 0 Å². The lowest BCUT2D eigenvalue weighted by molar-refractivity contribution is 0.132. The topological polar surface area (TPSA) is 39.1 Å². The fourth-order valence-corrected chi connectivity index (χ4v) is 2.05. The Labute approximate surface area is 112 Å². The third-order valence-electron chi connectivity index (χ3n) is 2.62. The van der Waals surface area contributed by atoms with E-state index in [0.717, 1.165) is 42.9 Å². The van der Waals surface area contributed by atoms with Gasteiger partial charge in [-0.05, 0) is 29.3 Å². The molecule has 0 saturated carbocycles. The highest BCUT2D eigenvalue weighted by Gasteiger charge is 2.09. The lowest BCUT2D eigenvalue weighted by atomic mass is 10.3. The van der Waals surface area contributed by atoms with Gasteiger partial charge >= 0.3 is 0 Å². The minimum atomic E-state index is 0.772. The summed E-state index contributed by atoms with van der Waals surface area (Å²) in [4.78, 5) is 0. The third-order valence-corrected chi connectivity index (χ3v) is 3.65. The number of unbranched alkanes of at least 4 members (excludes halogenated alkanes) is 1. The van der Waals surface area contributed by atoms with Crippen LogP contribution in [-0.2, 0) is 18.3 Å². The van der Waals surface area contributed by atoms with E-state index >= 15 is 0 Å². The molecule has 0 spiro atoms. The van der Waals surface area contributed by atoms with E-state index in [-0.39, 0.29) is 0 Å². The largest absolute Gasteiger partial charge is 0.380 e. The fraction of sp³-hybridized carbons (Fsp3) is 0.750. The molecule has 1 rings (SSSR count). The van der Waals surface area contributed by atoms with Crippen LogP contribution < -0.4 is 5.32 Å². The van der Waals surface area contributed by atoms with Crippen molar-refractivity contribution in [1.29, 1.82) is 0 Å². The Morgan fingerprint density at radius 1 is 1.41 bits per heavy atom. The van der Waals surface area contributed by atoms with Crippen LogP contribution in [0.2, 0.25) is 0 Å². The van der Waals surface area contributed by atoms with E-state index < -0.39 is 0 Å². The van der Waals surface area contributed by atoms with Crippen molar-refractivity contribution in [3.8, 4) is 0 Å². The van der Waals surface area contributed by atoms with Gasteiger partial charge in [0.25, 0.3) is 0 Å². The average molecular weight is 304 g/mol. The summed E-state index contributed by atoms with van der Waals surface area (Å²) in [6.45, 7) is 7.50. The minimum Gasteiger partial charge on any atom is -0.380 e. The summed E-state index contributed by atoms with van der Waals surface area (Å²) in [5.74, 6) is 0. The summed E-state index contributed by atoms with van der Waals surface area (Å²) in [7, 11) is 1.96. The molecule has 1 aromatic rings. The van der Waals surface area contributed by atoms with Crippen molar-refractivity contribution in [1.82, 2.24) is 15.1 Å². The van der Waals surface area contributed by atoms with Gasteiger partial charge in [0.05, 0.1) is 22.5 Å². The number of hydrogen-bond donors (Lipinski definition) is 1. The van der Waals surface area contributed by atoms with E-state index in [1.54, 1.807) is 0 Å². The summed E-state index contributed by atoms with van der Waals surface area (Å²) in [5, 5.41) is 7.71. The van der Waals surface area contributed by atoms with Gasteiger partial charge in [-0.3, -0.25) is 4.68 Å². The second-order valence-electron chi connectivity index (χ2n) is 4.11. The Bertz CT molecular complexity index is 339. The van der Waals surface area contributed by atoms with Gasteiger partial charge in [-0.2, -0.15) is 5.10 Å². The average Bonchev–Trinajstić information content (AvgIpc) is 2.54. The maximum Gasteiger partial charge on any atom is 0.0739 e. The third kappa shape index (κ3) is 4.77. The number of nitrogens with one attached hydrogen (secondary N) is 1. The maximum atomic E-state index is 5.48. The molecule has 1 aromatic heterocycles. The number of ether oxygens (including phenoxy) is 1. The van der Waals surface area contributed by atoms with Crippen LogP contribution in [0, 0.1) is 6.92 Å². The van der Waals surface area contributed by atoms with Crippen LogP contribution in [0.5, 0.6) is 0 Å². The van der Waals surface area contributed by atoms with Gasteiger partial charge in [-0.15, -0.1) is 0 Å². The van der Waals surface area contributed by atoms with Gasteiger partial charge in [0.1, 0.15) is 0 Å². The normalized spacial score (nSPS) is 11.1. The van der Waals surface area contributed by atoms with Crippen LogP contribution >= 0.6 is 15.9 Å². The zero-order chi connectivity index (χ0) is 12.7. The predicted molar refractivity (Wildman–Crippen MR) is 73.1 cm³/mol. The molecule has 0 fully saturated rings. The van der Waals surface area contributed by atoms with Crippen LogP contribution in [0.15, 0.2) is 4.47 Å². The van der Waals surface area contributed by atoms with E-state index in [1.807, 2.05) is 18.7 Å². The lowest BCUT2D eigenvalue weighted by Crippen LogP contribution is -2.21. The Hall–Kier alpha value is -0.390. The predicted octanol–water partition coefficient (Wildman–Crippen LogP) is 2.40. The molecule has 0 atom stereocenters. The maximum absolute atomic E-state index is 5.48. The highest BCUT2D eigenvalue weighted by atomic mass is 79.9. The Balaban J connectivity index is 2.18. The van der Waals surface area contributed by atoms with E-state index in [4.69, 9.17) is 4.74 Å². The number of rotatable bonds is 8. The van der Waals surface area contributed by atoms with Crippen LogP contribution in [-0.4, -0.2) is 29.5 Å². The van der Waals surface area contributed by atoms with Crippen molar-refractivity contribution in [2.24, 2.45) is 7.05 Å². The van der Waals surface area contributed by atoms with Crippen molar-refractivity contribution in [3.05, 3.63) is 15.9 Å². The van der Waals surface area contributed by atoms with Crippen LogP contribution in [0.3, 0.4) is 0 Å². The zero-order valence-electron chi connectivity index (χ0n) is 10.9. The van der Waals surface area contributed by atoms with Gasteiger partial charge in [-0.25, -0.2) is 0 Å². The monoisotopic (exact) mass is 303 g/mol. The van der Waals surface area contributed by atoms with E-state index in [1.165, 1.54) is 12.1 Å². The van der Waals surface area contributed by atoms with Gasteiger partial charge in [-0.1, -0.05) is 13.3 Å². The summed E-state index contributed by atoms with van der Waals surface area (Å²) in [6.07, 6.45) is 2.33. The number of nitrogens with zero attached hydrogens (tertiary/aromatic N) is 2. The zero-order valence-corrected chi connectivity index (χ0v) is 12.5. The Morgan fingerprint density at radius 2 is 2.18 bits per heavy atom. The molecule has 0 aromatic carbocycles. The first-order valence-electron chi connectivity index (χ1n) is 6.13. The smallest absolute Gasteiger partial charge is 0.0739 e. The highest BCUT2D eigenvalue weighted by molar-refractivity contribution is 9.10. The summed E-state index contributed by atoms with van der Waals surface area (Å²) in [6, 6.07) is 0.